The minimum absolute atomic E-state index is 0.0101. The van der Waals surface area contributed by atoms with Crippen molar-refractivity contribution in [2.45, 2.75) is 23.5 Å². The topological polar surface area (TPSA) is 64.2 Å². The van der Waals surface area contributed by atoms with E-state index in [0.717, 1.165) is 38.1 Å². The largest absolute Gasteiger partial charge is 0.490 e. The van der Waals surface area contributed by atoms with Gasteiger partial charge in [-0.1, -0.05) is 6.07 Å². The van der Waals surface area contributed by atoms with Crippen LogP contribution in [0.4, 0.5) is 0 Å². The molecule has 3 aromatic heterocycles. The Morgan fingerprint density at radius 3 is 2.86 bits per heavy atom. The van der Waals surface area contributed by atoms with Gasteiger partial charge in [0.1, 0.15) is 10.7 Å². The molecule has 0 unspecified atom stereocenters. The molecule has 0 saturated carbocycles. The first-order valence-electron chi connectivity index (χ1n) is 9.30. The molecule has 1 aromatic carbocycles. The lowest BCUT2D eigenvalue weighted by Crippen LogP contribution is -2.12. The van der Waals surface area contributed by atoms with E-state index in [0.29, 0.717) is 24.4 Å². The first-order chi connectivity index (χ1) is 14.2. The average Bonchev–Trinajstić information content (AvgIpc) is 3.33. The normalized spacial score (nSPS) is 14.7. The molecule has 4 heterocycles. The van der Waals surface area contributed by atoms with E-state index < -0.39 is 0 Å². The van der Waals surface area contributed by atoms with Gasteiger partial charge in [0.25, 0.3) is 5.56 Å². The number of hydrogen-bond acceptors (Lipinski definition) is 7. The van der Waals surface area contributed by atoms with E-state index in [9.17, 15) is 4.79 Å². The Bertz CT molecular complexity index is 1210. The number of thiophene rings is 2. The highest BCUT2D eigenvalue weighted by Crippen LogP contribution is 2.40. The number of nitrogens with zero attached hydrogens (tertiary/aromatic N) is 1. The zero-order valence-electron chi connectivity index (χ0n) is 15.6. The highest BCUT2D eigenvalue weighted by atomic mass is 32.2. The molecule has 0 amide bonds. The summed E-state index contributed by atoms with van der Waals surface area (Å²) < 4.78 is 11.5. The molecule has 0 saturated heterocycles. The Kier molecular flexibility index (Phi) is 5.07. The SMILES string of the molecule is C[C@H](Sc1ccc2c(c1)OCCCO2)c1nc2scc(-c3cccs3)c2c(=O)[nH]1. The fourth-order valence-electron chi connectivity index (χ4n) is 3.25. The van der Waals surface area contributed by atoms with E-state index in [-0.39, 0.29) is 10.8 Å². The van der Waals surface area contributed by atoms with Crippen LogP contribution in [-0.4, -0.2) is 23.2 Å². The number of H-pyrrole nitrogens is 1. The number of ether oxygens (including phenoxy) is 2. The van der Waals surface area contributed by atoms with E-state index in [1.165, 1.54) is 11.3 Å². The van der Waals surface area contributed by atoms with Gasteiger partial charge in [0.2, 0.25) is 0 Å². The number of aromatic nitrogens is 2. The highest BCUT2D eigenvalue weighted by Gasteiger charge is 2.18. The second-order valence-corrected chi connectivity index (χ2v) is 9.90. The number of thioether (sulfide) groups is 1. The van der Waals surface area contributed by atoms with Gasteiger partial charge in [-0.05, 0) is 36.6 Å². The summed E-state index contributed by atoms with van der Waals surface area (Å²) in [6.45, 7) is 3.38. The monoisotopic (exact) mass is 442 g/mol. The van der Waals surface area contributed by atoms with Crippen LogP contribution in [0.5, 0.6) is 11.5 Å². The van der Waals surface area contributed by atoms with E-state index in [1.54, 1.807) is 23.1 Å². The van der Waals surface area contributed by atoms with Gasteiger partial charge >= 0.3 is 0 Å². The van der Waals surface area contributed by atoms with Gasteiger partial charge < -0.3 is 14.5 Å². The number of nitrogens with one attached hydrogen (secondary N) is 1. The maximum absolute atomic E-state index is 12.8. The van der Waals surface area contributed by atoms with Crippen molar-refractivity contribution in [2.75, 3.05) is 13.2 Å². The Hall–Kier alpha value is -2.29. The lowest BCUT2D eigenvalue weighted by atomic mass is 10.2. The molecule has 4 aromatic rings. The Balaban J connectivity index is 1.44. The molecule has 1 N–H and O–H groups in total. The van der Waals surface area contributed by atoms with Crippen molar-refractivity contribution in [3.8, 4) is 21.9 Å². The summed E-state index contributed by atoms with van der Waals surface area (Å²) in [7, 11) is 0. The van der Waals surface area contributed by atoms with Gasteiger partial charge in [-0.25, -0.2) is 4.98 Å². The molecule has 1 atom stereocenters. The third kappa shape index (κ3) is 3.68. The molecule has 148 valence electrons. The number of fused-ring (bicyclic) bond motifs is 2. The summed E-state index contributed by atoms with van der Waals surface area (Å²) in [5.74, 6) is 2.24. The van der Waals surface area contributed by atoms with Gasteiger partial charge in [-0.15, -0.1) is 34.4 Å². The summed E-state index contributed by atoms with van der Waals surface area (Å²) in [6.07, 6.45) is 0.882. The standard InChI is InChI=1S/C21H18N2O3S3/c1-12(29-13-5-6-15-16(10-13)26-8-3-7-25-15)19-22-20(24)18-14(11-28-21(18)23-19)17-4-2-9-27-17/h2,4-6,9-12H,3,7-8H2,1H3,(H,22,23,24)/t12-/m0/s1. The van der Waals surface area contributed by atoms with Crippen molar-refractivity contribution >= 4 is 44.7 Å². The summed E-state index contributed by atoms with van der Waals surface area (Å²) in [4.78, 5) is 23.5. The molecule has 5 nitrogen and oxygen atoms in total. The van der Waals surface area contributed by atoms with E-state index in [1.807, 2.05) is 48.0 Å². The molecule has 0 bridgehead atoms. The van der Waals surface area contributed by atoms with Crippen LogP contribution in [0.3, 0.4) is 0 Å². The molecule has 8 heteroatoms. The van der Waals surface area contributed by atoms with Crippen molar-refractivity contribution < 1.29 is 9.47 Å². The molecule has 1 aliphatic rings. The molecule has 0 spiro atoms. The lowest BCUT2D eigenvalue weighted by molar-refractivity contribution is 0.297. The summed E-state index contributed by atoms with van der Waals surface area (Å²) in [5.41, 5.74) is 0.879. The first-order valence-corrected chi connectivity index (χ1v) is 11.9. The van der Waals surface area contributed by atoms with Gasteiger partial charge in [-0.2, -0.15) is 0 Å². The second kappa shape index (κ2) is 7.85. The minimum Gasteiger partial charge on any atom is -0.490 e. The Morgan fingerprint density at radius 2 is 2.03 bits per heavy atom. The van der Waals surface area contributed by atoms with Crippen molar-refractivity contribution in [3.63, 3.8) is 0 Å². The van der Waals surface area contributed by atoms with Crippen LogP contribution < -0.4 is 15.0 Å². The van der Waals surface area contributed by atoms with Crippen LogP contribution >= 0.6 is 34.4 Å². The molecule has 0 aliphatic carbocycles. The molecular formula is C21H18N2O3S3. The van der Waals surface area contributed by atoms with E-state index >= 15 is 0 Å². The van der Waals surface area contributed by atoms with Gasteiger partial charge in [0.15, 0.2) is 11.5 Å². The van der Waals surface area contributed by atoms with Crippen LogP contribution in [0.15, 0.2) is 50.8 Å². The lowest BCUT2D eigenvalue weighted by Gasteiger charge is -2.13. The van der Waals surface area contributed by atoms with Crippen molar-refractivity contribution in [3.05, 3.63) is 57.3 Å². The van der Waals surface area contributed by atoms with Gasteiger partial charge in [-0.3, -0.25) is 4.79 Å². The van der Waals surface area contributed by atoms with Gasteiger partial charge in [0.05, 0.1) is 23.8 Å². The zero-order chi connectivity index (χ0) is 19.8. The summed E-state index contributed by atoms with van der Waals surface area (Å²) in [5, 5.41) is 4.70. The zero-order valence-corrected chi connectivity index (χ0v) is 18.1. The van der Waals surface area contributed by atoms with Crippen molar-refractivity contribution in [1.82, 2.24) is 9.97 Å². The van der Waals surface area contributed by atoms with Crippen molar-refractivity contribution in [2.24, 2.45) is 0 Å². The maximum atomic E-state index is 12.8. The smallest absolute Gasteiger partial charge is 0.260 e. The average molecular weight is 443 g/mol. The second-order valence-electron chi connectivity index (χ2n) is 6.68. The fourth-order valence-corrected chi connectivity index (χ4v) is 5.97. The number of benzene rings is 1. The van der Waals surface area contributed by atoms with Crippen LogP contribution in [-0.2, 0) is 0 Å². The third-order valence-electron chi connectivity index (χ3n) is 4.67. The van der Waals surface area contributed by atoms with E-state index in [2.05, 4.69) is 4.98 Å². The predicted octanol–water partition coefficient (Wildman–Crippen LogP) is 5.73. The number of aromatic amines is 1. The Morgan fingerprint density at radius 1 is 1.17 bits per heavy atom. The molecule has 29 heavy (non-hydrogen) atoms. The van der Waals surface area contributed by atoms with E-state index in [4.69, 9.17) is 14.5 Å². The molecule has 1 aliphatic heterocycles. The molecule has 0 fully saturated rings. The van der Waals surface area contributed by atoms with Crippen LogP contribution in [0.25, 0.3) is 20.7 Å². The maximum Gasteiger partial charge on any atom is 0.260 e. The van der Waals surface area contributed by atoms with Crippen LogP contribution in [0.2, 0.25) is 0 Å². The van der Waals surface area contributed by atoms with Crippen LogP contribution in [0, 0.1) is 0 Å². The molecule has 0 radical (unpaired) electrons. The number of hydrogen-bond donors (Lipinski definition) is 1. The van der Waals surface area contributed by atoms with Crippen LogP contribution in [0.1, 0.15) is 24.4 Å². The van der Waals surface area contributed by atoms with Gasteiger partial charge in [0, 0.05) is 27.1 Å². The summed E-state index contributed by atoms with van der Waals surface area (Å²) in [6, 6.07) is 9.99. The molecular weight excluding hydrogens is 424 g/mol. The first kappa shape index (κ1) is 18.7. The Labute approximate surface area is 179 Å². The third-order valence-corrected chi connectivity index (χ3v) is 7.54. The highest BCUT2D eigenvalue weighted by molar-refractivity contribution is 7.99. The summed E-state index contributed by atoms with van der Waals surface area (Å²) >= 11 is 4.78. The number of rotatable bonds is 4. The predicted molar refractivity (Wildman–Crippen MR) is 120 cm³/mol. The van der Waals surface area contributed by atoms with Crippen molar-refractivity contribution in [1.29, 1.82) is 0 Å². The molecule has 5 rings (SSSR count). The fraction of sp³-hybridized carbons (Fsp3) is 0.238. The quantitative estimate of drug-likeness (QED) is 0.409. The minimum atomic E-state index is -0.0826.